The highest BCUT2D eigenvalue weighted by atomic mass is 35.5. The summed E-state index contributed by atoms with van der Waals surface area (Å²) < 4.78 is 4.79. The number of nitrogens with zero attached hydrogens (tertiary/aromatic N) is 5. The van der Waals surface area contributed by atoms with Crippen LogP contribution in [-0.2, 0) is 83.2 Å². The Hall–Kier alpha value is -10.1. The summed E-state index contributed by atoms with van der Waals surface area (Å²) in [6.45, 7) is 2.02. The fraction of sp³-hybridized carbons (Fsp3) is 0.233. The molecule has 0 spiro atoms. The summed E-state index contributed by atoms with van der Waals surface area (Å²) in [4.78, 5) is 54.8. The molecule has 3 amide bonds. The number of carbonyl (C=O) groups excluding carboxylic acids is 3. The lowest BCUT2D eigenvalue weighted by molar-refractivity contribution is -0.121. The highest BCUT2D eigenvalue weighted by Crippen LogP contribution is 2.45. The van der Waals surface area contributed by atoms with E-state index in [4.69, 9.17) is 44.8 Å². The van der Waals surface area contributed by atoms with Gasteiger partial charge < -0.3 is 30.1 Å². The number of benzene rings is 9. The van der Waals surface area contributed by atoms with Crippen molar-refractivity contribution < 1.29 is 14.4 Å². The van der Waals surface area contributed by atoms with Crippen LogP contribution in [0.4, 0.5) is 0 Å². The second-order valence-corrected chi connectivity index (χ2v) is 27.9. The number of aromatic nitrogens is 6. The maximum atomic E-state index is 12.8. The van der Waals surface area contributed by atoms with Crippen molar-refractivity contribution in [3.05, 3.63) is 373 Å². The minimum Gasteiger partial charge on any atom is -0.356 e. The van der Waals surface area contributed by atoms with Gasteiger partial charge in [-0.15, -0.1) is 0 Å². The summed E-state index contributed by atoms with van der Waals surface area (Å²) in [5, 5.41) is 11.4. The van der Waals surface area contributed by atoms with E-state index in [9.17, 15) is 14.4 Å². The van der Waals surface area contributed by atoms with Gasteiger partial charge in [0.1, 0.15) is 11.1 Å². The standard InChI is InChI=1S/2C35H32ClN3O.C16H18ClN3O/c36-31-19-16-26(17-20-31)23-34(40)37-24-27-18-21-33-32(22-27)38-25-39(33)35(28-10-4-1-5-11-28,29-12-6-2-7-13-29)30-14-8-3-9-15-30;36-31-19-16-26(17-20-31)23-34(40)37-24-27-18-21-32-33(22-27)39(25-38-32)35(28-10-4-1-5-11-28,29-12-6-2-7-13-29)30-14-8-3-9-15-30;17-13-4-1-11(2-5-13)8-16(21)18-9-12-3-6-14-15(7-12)20-10-19-14/h2*1-17,19-20,25,27H,18,21-24H2,(H,37,40);1-2,4-5,10,12H,3,6-9H2,(H,18,21)(H,19,20). The molecule has 3 aliphatic carbocycles. The fourth-order valence-electron chi connectivity index (χ4n) is 14.9. The minimum absolute atomic E-state index is 0.0360. The minimum atomic E-state index is -0.579. The maximum Gasteiger partial charge on any atom is 0.224 e. The van der Waals surface area contributed by atoms with Crippen molar-refractivity contribution in [3.8, 4) is 0 Å². The number of imidazole rings is 3. The Kier molecular flexibility index (Phi) is 22.6. The zero-order valence-corrected chi connectivity index (χ0v) is 58.7. The third-order valence-electron chi connectivity index (χ3n) is 20.0. The van der Waals surface area contributed by atoms with E-state index in [0.717, 1.165) is 92.4 Å². The molecular formula is C86H82Cl3N9O3. The average molecular weight is 1400 g/mol. The van der Waals surface area contributed by atoms with Gasteiger partial charge in [-0.25, -0.2) is 15.0 Å². The van der Waals surface area contributed by atoms with Crippen LogP contribution in [0.5, 0.6) is 0 Å². The lowest BCUT2D eigenvalue weighted by Crippen LogP contribution is -2.40. The van der Waals surface area contributed by atoms with Crippen LogP contribution in [-0.4, -0.2) is 66.4 Å². The van der Waals surface area contributed by atoms with Crippen LogP contribution in [0, 0.1) is 17.8 Å². The summed E-state index contributed by atoms with van der Waals surface area (Å²) in [7, 11) is 0. The van der Waals surface area contributed by atoms with E-state index in [1.807, 2.05) is 85.5 Å². The lowest BCUT2D eigenvalue weighted by atomic mass is 9.76. The number of hydrogen-bond donors (Lipinski definition) is 4. The predicted molar refractivity (Wildman–Crippen MR) is 403 cm³/mol. The number of hydrogen-bond acceptors (Lipinski definition) is 6. The first-order valence-electron chi connectivity index (χ1n) is 35.0. The van der Waals surface area contributed by atoms with Crippen molar-refractivity contribution in [2.75, 3.05) is 19.6 Å². The molecule has 0 fully saturated rings. The molecule has 4 N–H and O–H groups in total. The third-order valence-corrected chi connectivity index (χ3v) is 20.8. The molecule has 3 atom stereocenters. The molecule has 3 aromatic heterocycles. The molecule has 0 radical (unpaired) electrons. The predicted octanol–water partition coefficient (Wildman–Crippen LogP) is 16.2. The first kappa shape index (κ1) is 69.4. The SMILES string of the molecule is O=C(Cc1ccc(Cl)cc1)NCC1CCc2c(ncn2C(c2ccccc2)(c2ccccc2)c2ccccc2)C1.O=C(Cc1ccc(Cl)cc1)NCC1CCc2nc[nH]c2C1.O=C(Cc1ccc(Cl)cc1)NCC1CCc2ncn(C(c3ccccc3)(c3ccccc3)c3ccccc3)c2C1. The average Bonchev–Trinajstić information content (AvgIpc) is 1.72. The summed E-state index contributed by atoms with van der Waals surface area (Å²) in [6.07, 6.45) is 15.5. The van der Waals surface area contributed by atoms with Gasteiger partial charge in [0.2, 0.25) is 17.7 Å². The van der Waals surface area contributed by atoms with Gasteiger partial charge in [0, 0.05) is 51.8 Å². The van der Waals surface area contributed by atoms with Crippen LogP contribution in [0.2, 0.25) is 15.1 Å². The number of aryl methyl sites for hydroxylation is 2. The van der Waals surface area contributed by atoms with Gasteiger partial charge in [-0.3, -0.25) is 14.4 Å². The van der Waals surface area contributed by atoms with Crippen LogP contribution in [0.3, 0.4) is 0 Å². The second-order valence-electron chi connectivity index (χ2n) is 26.6. The normalized spacial score (nSPS) is 15.4. The third kappa shape index (κ3) is 16.4. The number of H-pyrrole nitrogens is 1. The van der Waals surface area contributed by atoms with Crippen LogP contribution < -0.4 is 16.0 Å². The van der Waals surface area contributed by atoms with Crippen molar-refractivity contribution in [3.63, 3.8) is 0 Å². The Morgan fingerprint density at radius 2 is 0.683 bits per heavy atom. The maximum absolute atomic E-state index is 12.8. The van der Waals surface area contributed by atoms with E-state index >= 15 is 0 Å². The number of fused-ring (bicyclic) bond motifs is 3. The topological polar surface area (TPSA) is 152 Å². The molecule has 0 bridgehead atoms. The number of aromatic amines is 1. The van der Waals surface area contributed by atoms with E-state index in [1.54, 1.807) is 6.33 Å². The molecule has 15 rings (SSSR count). The molecule has 101 heavy (non-hydrogen) atoms. The van der Waals surface area contributed by atoms with Crippen LogP contribution in [0.25, 0.3) is 0 Å². The largest absolute Gasteiger partial charge is 0.356 e. The smallest absolute Gasteiger partial charge is 0.224 e. The van der Waals surface area contributed by atoms with Crippen molar-refractivity contribution >= 4 is 52.5 Å². The summed E-state index contributed by atoms with van der Waals surface area (Å²) in [5.74, 6) is 1.31. The van der Waals surface area contributed by atoms with Gasteiger partial charge in [-0.1, -0.05) is 253 Å². The number of rotatable bonds is 20. The van der Waals surface area contributed by atoms with Crippen molar-refractivity contribution in [2.45, 2.75) is 88.1 Å². The van der Waals surface area contributed by atoms with Crippen molar-refractivity contribution in [1.29, 1.82) is 0 Å². The van der Waals surface area contributed by atoms with E-state index < -0.39 is 11.1 Å². The lowest BCUT2D eigenvalue weighted by Gasteiger charge is -2.39. The Morgan fingerprint density at radius 3 is 1.06 bits per heavy atom. The molecule has 9 aromatic carbocycles. The molecule has 12 nitrogen and oxygen atoms in total. The molecule has 0 saturated carbocycles. The number of carbonyl (C=O) groups is 3. The second kappa shape index (κ2) is 32.9. The molecular weight excluding hydrogens is 1310 g/mol. The van der Waals surface area contributed by atoms with E-state index in [2.05, 4.69) is 217 Å². The first-order chi connectivity index (χ1) is 49.5. The quantitative estimate of drug-likeness (QED) is 0.0558. The van der Waals surface area contributed by atoms with Gasteiger partial charge >= 0.3 is 0 Å². The molecule has 3 aliphatic rings. The van der Waals surface area contributed by atoms with Gasteiger partial charge in [0.15, 0.2) is 0 Å². The fourth-order valence-corrected chi connectivity index (χ4v) is 15.3. The summed E-state index contributed by atoms with van der Waals surface area (Å²) >= 11 is 17.8. The Balaban J connectivity index is 0.000000142. The highest BCUT2D eigenvalue weighted by Gasteiger charge is 2.43. The number of nitrogens with one attached hydrogen (secondary N) is 4. The van der Waals surface area contributed by atoms with Gasteiger partial charge in [-0.05, 0) is 162 Å². The van der Waals surface area contributed by atoms with Gasteiger partial charge in [0.05, 0.1) is 55.3 Å². The van der Waals surface area contributed by atoms with E-state index in [0.29, 0.717) is 65.2 Å². The van der Waals surface area contributed by atoms with Crippen LogP contribution in [0.1, 0.15) is 103 Å². The molecule has 12 aromatic rings. The summed E-state index contributed by atoms with van der Waals surface area (Å²) in [6, 6.07) is 86.6. The van der Waals surface area contributed by atoms with E-state index in [-0.39, 0.29) is 17.7 Å². The van der Waals surface area contributed by atoms with E-state index in [1.165, 1.54) is 56.2 Å². The molecule has 510 valence electrons. The van der Waals surface area contributed by atoms with Crippen LogP contribution in [0.15, 0.2) is 274 Å². The number of halogens is 3. The van der Waals surface area contributed by atoms with Gasteiger partial charge in [-0.2, -0.15) is 0 Å². The first-order valence-corrected chi connectivity index (χ1v) is 36.1. The Morgan fingerprint density at radius 1 is 0.366 bits per heavy atom. The van der Waals surface area contributed by atoms with Crippen LogP contribution >= 0.6 is 34.8 Å². The monoisotopic (exact) mass is 1390 g/mol. The Bertz CT molecular complexity index is 4460. The summed E-state index contributed by atoms with van der Waals surface area (Å²) in [5.41, 5.74) is 16.1. The molecule has 15 heteroatoms. The molecule has 0 saturated heterocycles. The molecule has 0 aliphatic heterocycles. The van der Waals surface area contributed by atoms with Crippen molar-refractivity contribution in [1.82, 2.24) is 45.0 Å². The zero-order valence-electron chi connectivity index (χ0n) is 56.4. The number of amides is 3. The highest BCUT2D eigenvalue weighted by molar-refractivity contribution is 6.31. The van der Waals surface area contributed by atoms with Crippen molar-refractivity contribution in [2.24, 2.45) is 17.8 Å². The molecule has 3 heterocycles. The zero-order chi connectivity index (χ0) is 69.4. The van der Waals surface area contributed by atoms with Gasteiger partial charge in [0.25, 0.3) is 0 Å². The Labute approximate surface area is 606 Å². The molecule has 3 unspecified atom stereocenters.